The van der Waals surface area contributed by atoms with Gasteiger partial charge in [-0.15, -0.1) is 0 Å². The van der Waals surface area contributed by atoms with E-state index in [1.165, 1.54) is 0 Å². The summed E-state index contributed by atoms with van der Waals surface area (Å²) in [5.74, 6) is -4.34. The molecular formula is C20H26F2N2O4. The van der Waals surface area contributed by atoms with E-state index in [1.54, 1.807) is 18.7 Å². The average Bonchev–Trinajstić information content (AvgIpc) is 2.63. The quantitative estimate of drug-likeness (QED) is 0.742. The Kier molecular flexibility index (Phi) is 7.48. The van der Waals surface area contributed by atoms with Gasteiger partial charge in [0.1, 0.15) is 23.2 Å². The Morgan fingerprint density at radius 1 is 1.25 bits per heavy atom. The molecular weight excluding hydrogens is 370 g/mol. The van der Waals surface area contributed by atoms with Crippen molar-refractivity contribution in [3.8, 4) is 0 Å². The Morgan fingerprint density at radius 2 is 1.89 bits per heavy atom. The lowest BCUT2D eigenvalue weighted by Crippen LogP contribution is -2.53. The molecule has 1 aromatic rings. The van der Waals surface area contributed by atoms with Gasteiger partial charge in [-0.1, -0.05) is 19.9 Å². The standard InChI is InChI=1S/C20H26F2N2O4/c1-12(2)18(23-19(27)17-14(21)6-3-7-15(17)22)20(28)24-10-4-5-13(11-24)8-9-16(25)26/h3,6-7,12-13,18H,4-5,8-11H2,1-2H3,(H,23,27)(H,25,26). The molecule has 0 spiro atoms. The first-order chi connectivity index (χ1) is 13.2. The smallest absolute Gasteiger partial charge is 0.303 e. The van der Waals surface area contributed by atoms with Crippen molar-refractivity contribution in [2.45, 2.75) is 45.6 Å². The number of carboxylic acid groups (broad SMARTS) is 1. The number of carbonyl (C=O) groups is 3. The Hall–Kier alpha value is -2.51. The van der Waals surface area contributed by atoms with E-state index in [4.69, 9.17) is 5.11 Å². The molecule has 8 heteroatoms. The van der Waals surface area contributed by atoms with Crippen molar-refractivity contribution in [2.75, 3.05) is 13.1 Å². The molecule has 1 aliphatic heterocycles. The van der Waals surface area contributed by atoms with Crippen LogP contribution in [0.3, 0.4) is 0 Å². The Balaban J connectivity index is 2.09. The highest BCUT2D eigenvalue weighted by Gasteiger charge is 2.33. The second-order valence-corrected chi connectivity index (χ2v) is 7.52. The molecule has 0 radical (unpaired) electrons. The molecule has 0 aliphatic carbocycles. The van der Waals surface area contributed by atoms with Crippen LogP contribution < -0.4 is 5.32 Å². The van der Waals surface area contributed by atoms with Crippen LogP contribution in [0, 0.1) is 23.5 Å². The summed E-state index contributed by atoms with van der Waals surface area (Å²) in [7, 11) is 0. The lowest BCUT2D eigenvalue weighted by molar-refractivity contribution is -0.137. The zero-order chi connectivity index (χ0) is 20.8. The number of piperidine rings is 1. The summed E-state index contributed by atoms with van der Waals surface area (Å²) in [5.41, 5.74) is -0.709. The SMILES string of the molecule is CC(C)C(NC(=O)c1c(F)cccc1F)C(=O)N1CCCC(CCC(=O)O)C1. The van der Waals surface area contributed by atoms with Crippen molar-refractivity contribution in [3.63, 3.8) is 0 Å². The fourth-order valence-corrected chi connectivity index (χ4v) is 3.47. The van der Waals surface area contributed by atoms with Crippen LogP contribution in [0.2, 0.25) is 0 Å². The van der Waals surface area contributed by atoms with Gasteiger partial charge in [0, 0.05) is 19.5 Å². The molecule has 154 valence electrons. The van der Waals surface area contributed by atoms with Crippen LogP contribution in [0.25, 0.3) is 0 Å². The van der Waals surface area contributed by atoms with Crippen molar-refractivity contribution in [1.29, 1.82) is 0 Å². The number of carbonyl (C=O) groups excluding carboxylic acids is 2. The number of carboxylic acids is 1. The fourth-order valence-electron chi connectivity index (χ4n) is 3.47. The lowest BCUT2D eigenvalue weighted by atomic mass is 9.92. The number of aliphatic carboxylic acids is 1. The Labute approximate surface area is 162 Å². The zero-order valence-corrected chi connectivity index (χ0v) is 16.1. The maximum Gasteiger partial charge on any atom is 0.303 e. The lowest BCUT2D eigenvalue weighted by Gasteiger charge is -2.36. The van der Waals surface area contributed by atoms with Gasteiger partial charge in [0.15, 0.2) is 0 Å². The minimum atomic E-state index is -0.987. The van der Waals surface area contributed by atoms with Gasteiger partial charge in [-0.25, -0.2) is 8.78 Å². The number of nitrogens with one attached hydrogen (secondary N) is 1. The summed E-state index contributed by atoms with van der Waals surface area (Å²) in [6, 6.07) is 2.21. The molecule has 1 aromatic carbocycles. The van der Waals surface area contributed by atoms with Crippen molar-refractivity contribution >= 4 is 17.8 Å². The third kappa shape index (κ3) is 5.50. The van der Waals surface area contributed by atoms with Crippen molar-refractivity contribution < 1.29 is 28.3 Å². The van der Waals surface area contributed by atoms with Crippen LogP contribution in [0.5, 0.6) is 0 Å². The summed E-state index contributed by atoms with van der Waals surface area (Å²) in [5, 5.41) is 11.3. The molecule has 2 atom stereocenters. The largest absolute Gasteiger partial charge is 0.481 e. The molecule has 0 aromatic heterocycles. The van der Waals surface area contributed by atoms with E-state index in [1.807, 2.05) is 0 Å². The topological polar surface area (TPSA) is 86.7 Å². The van der Waals surface area contributed by atoms with E-state index in [0.29, 0.717) is 19.5 Å². The van der Waals surface area contributed by atoms with Crippen molar-refractivity contribution in [2.24, 2.45) is 11.8 Å². The van der Waals surface area contributed by atoms with E-state index >= 15 is 0 Å². The summed E-state index contributed by atoms with van der Waals surface area (Å²) >= 11 is 0. The van der Waals surface area contributed by atoms with Gasteiger partial charge in [-0.2, -0.15) is 0 Å². The van der Waals surface area contributed by atoms with Gasteiger partial charge in [0.25, 0.3) is 5.91 Å². The first-order valence-electron chi connectivity index (χ1n) is 9.46. The van der Waals surface area contributed by atoms with Crippen LogP contribution in [0.1, 0.15) is 49.9 Å². The molecule has 1 heterocycles. The number of likely N-dealkylation sites (tertiary alicyclic amines) is 1. The number of nitrogens with zero attached hydrogens (tertiary/aromatic N) is 1. The van der Waals surface area contributed by atoms with Gasteiger partial charge >= 0.3 is 5.97 Å². The number of amides is 2. The number of halogens is 2. The molecule has 0 bridgehead atoms. The molecule has 28 heavy (non-hydrogen) atoms. The summed E-state index contributed by atoms with van der Waals surface area (Å²) in [6.45, 7) is 4.41. The molecule has 1 aliphatic rings. The highest BCUT2D eigenvalue weighted by atomic mass is 19.1. The number of hydrogen-bond acceptors (Lipinski definition) is 3. The Bertz CT molecular complexity index is 719. The zero-order valence-electron chi connectivity index (χ0n) is 16.1. The van der Waals surface area contributed by atoms with Crippen molar-refractivity contribution in [1.82, 2.24) is 10.2 Å². The van der Waals surface area contributed by atoms with Crippen molar-refractivity contribution in [3.05, 3.63) is 35.4 Å². The second kappa shape index (κ2) is 9.61. The van der Waals surface area contributed by atoms with Crippen LogP contribution >= 0.6 is 0 Å². The molecule has 2 amide bonds. The number of rotatable bonds is 7. The molecule has 1 saturated heterocycles. The molecule has 2 unspecified atom stereocenters. The number of hydrogen-bond donors (Lipinski definition) is 2. The average molecular weight is 396 g/mol. The van der Waals surface area contributed by atoms with Crippen LogP contribution in [0.4, 0.5) is 8.78 Å². The third-order valence-electron chi connectivity index (χ3n) is 5.01. The van der Waals surface area contributed by atoms with Gasteiger partial charge in [-0.05, 0) is 43.2 Å². The maximum absolute atomic E-state index is 13.9. The molecule has 6 nitrogen and oxygen atoms in total. The summed E-state index contributed by atoms with van der Waals surface area (Å²) < 4.78 is 27.7. The van der Waals surface area contributed by atoms with Gasteiger partial charge < -0.3 is 15.3 Å². The van der Waals surface area contributed by atoms with Crippen LogP contribution in [0.15, 0.2) is 18.2 Å². The number of benzene rings is 1. The van der Waals surface area contributed by atoms with Crippen LogP contribution in [-0.4, -0.2) is 46.9 Å². The predicted molar refractivity (Wildman–Crippen MR) is 98.6 cm³/mol. The second-order valence-electron chi connectivity index (χ2n) is 7.52. The minimum Gasteiger partial charge on any atom is -0.481 e. The highest BCUT2D eigenvalue weighted by Crippen LogP contribution is 2.23. The normalized spacial score (nSPS) is 18.0. The highest BCUT2D eigenvalue weighted by molar-refractivity contribution is 5.98. The Morgan fingerprint density at radius 3 is 2.46 bits per heavy atom. The summed E-state index contributed by atoms with van der Waals surface area (Å²) in [4.78, 5) is 37.8. The molecule has 1 fully saturated rings. The molecule has 2 N–H and O–H groups in total. The van der Waals surface area contributed by atoms with E-state index in [0.717, 1.165) is 31.0 Å². The van der Waals surface area contributed by atoms with Gasteiger partial charge in [-0.3, -0.25) is 14.4 Å². The fraction of sp³-hybridized carbons (Fsp3) is 0.550. The first kappa shape index (κ1) is 21.8. The third-order valence-corrected chi connectivity index (χ3v) is 5.01. The van der Waals surface area contributed by atoms with E-state index in [-0.39, 0.29) is 24.2 Å². The first-order valence-corrected chi connectivity index (χ1v) is 9.46. The minimum absolute atomic E-state index is 0.0452. The van der Waals surface area contributed by atoms with E-state index < -0.39 is 35.1 Å². The summed E-state index contributed by atoms with van der Waals surface area (Å²) in [6.07, 6.45) is 2.12. The van der Waals surface area contributed by atoms with Gasteiger partial charge in [0.2, 0.25) is 5.91 Å². The van der Waals surface area contributed by atoms with Gasteiger partial charge in [0.05, 0.1) is 0 Å². The predicted octanol–water partition coefficient (Wildman–Crippen LogP) is 2.82. The molecule has 2 rings (SSSR count). The molecule has 0 saturated carbocycles. The van der Waals surface area contributed by atoms with Crippen LogP contribution in [-0.2, 0) is 9.59 Å². The maximum atomic E-state index is 13.9. The van der Waals surface area contributed by atoms with E-state index in [9.17, 15) is 23.2 Å². The monoisotopic (exact) mass is 396 g/mol. The van der Waals surface area contributed by atoms with E-state index in [2.05, 4.69) is 5.32 Å².